The van der Waals surface area contributed by atoms with Crippen molar-refractivity contribution in [1.82, 2.24) is 14.9 Å². The average Bonchev–Trinajstić information content (AvgIpc) is 2.83. The van der Waals surface area contributed by atoms with Crippen LogP contribution in [0.25, 0.3) is 10.9 Å². The van der Waals surface area contributed by atoms with Gasteiger partial charge >= 0.3 is 0 Å². The summed E-state index contributed by atoms with van der Waals surface area (Å²) in [6.07, 6.45) is 5.69. The quantitative estimate of drug-likeness (QED) is 0.377. The molecular formula is C25H26ClF2N5O2. The number of carbonyl (C=O) groups excluding carboxylic acids is 1. The van der Waals surface area contributed by atoms with Crippen molar-refractivity contribution in [3.63, 3.8) is 0 Å². The van der Waals surface area contributed by atoms with Gasteiger partial charge in [0.2, 0.25) is 0 Å². The number of nitrogens with one attached hydrogen (secondary N) is 2. The number of benzene rings is 2. The number of fused-ring (bicyclic) bond motifs is 1. The van der Waals surface area contributed by atoms with E-state index in [1.54, 1.807) is 12.1 Å². The predicted molar refractivity (Wildman–Crippen MR) is 133 cm³/mol. The van der Waals surface area contributed by atoms with Gasteiger partial charge in [0.15, 0.2) is 5.83 Å². The Morgan fingerprint density at radius 1 is 1.29 bits per heavy atom. The molecule has 10 heteroatoms. The molecular weight excluding hydrogens is 476 g/mol. The molecule has 2 N–H and O–H groups in total. The lowest BCUT2D eigenvalue weighted by atomic mass is 10.0. The van der Waals surface area contributed by atoms with E-state index in [1.165, 1.54) is 37.4 Å². The molecule has 1 aromatic heterocycles. The Morgan fingerprint density at radius 2 is 2.11 bits per heavy atom. The van der Waals surface area contributed by atoms with Crippen molar-refractivity contribution in [3.05, 3.63) is 59.9 Å². The lowest BCUT2D eigenvalue weighted by molar-refractivity contribution is -0.114. The summed E-state index contributed by atoms with van der Waals surface area (Å²) >= 11 is 5.89. The molecule has 0 spiro atoms. The first kappa shape index (κ1) is 24.8. The normalized spacial score (nSPS) is 16.2. The van der Waals surface area contributed by atoms with Crippen LogP contribution in [0.1, 0.15) is 25.7 Å². The highest BCUT2D eigenvalue weighted by Crippen LogP contribution is 2.34. The van der Waals surface area contributed by atoms with Gasteiger partial charge in [-0.1, -0.05) is 24.6 Å². The summed E-state index contributed by atoms with van der Waals surface area (Å²) in [4.78, 5) is 23.0. The fraction of sp³-hybridized carbons (Fsp3) is 0.320. The number of aromatic nitrogens is 2. The minimum absolute atomic E-state index is 0.0398. The van der Waals surface area contributed by atoms with Crippen LogP contribution in [-0.2, 0) is 4.79 Å². The summed E-state index contributed by atoms with van der Waals surface area (Å²) in [5, 5.41) is 6.07. The lowest BCUT2D eigenvalue weighted by Gasteiger charge is -2.32. The Balaban J connectivity index is 1.62. The molecule has 1 fully saturated rings. The zero-order valence-corrected chi connectivity index (χ0v) is 20.0. The molecule has 1 saturated heterocycles. The molecule has 2 heterocycles. The van der Waals surface area contributed by atoms with Gasteiger partial charge in [-0.25, -0.2) is 18.7 Å². The van der Waals surface area contributed by atoms with Gasteiger partial charge < -0.3 is 20.3 Å². The number of hydrogen-bond donors (Lipinski definition) is 2. The van der Waals surface area contributed by atoms with Gasteiger partial charge in [-0.15, -0.1) is 0 Å². The van der Waals surface area contributed by atoms with Crippen molar-refractivity contribution in [3.8, 4) is 5.75 Å². The van der Waals surface area contributed by atoms with Crippen LogP contribution in [0.2, 0.25) is 5.02 Å². The number of nitrogens with zero attached hydrogens (tertiary/aromatic N) is 3. The highest BCUT2D eigenvalue weighted by Gasteiger charge is 2.20. The summed E-state index contributed by atoms with van der Waals surface area (Å²) in [7, 11) is 2.11. The van der Waals surface area contributed by atoms with Crippen LogP contribution >= 0.6 is 11.6 Å². The second kappa shape index (κ2) is 11.0. The molecule has 1 aliphatic rings. The maximum Gasteiger partial charge on any atom is 0.283 e. The van der Waals surface area contributed by atoms with Crippen LogP contribution in [0.15, 0.2) is 49.1 Å². The van der Waals surface area contributed by atoms with E-state index in [2.05, 4.69) is 39.1 Å². The number of amides is 1. The summed E-state index contributed by atoms with van der Waals surface area (Å²) in [5.74, 6) is -1.88. The van der Waals surface area contributed by atoms with E-state index in [0.717, 1.165) is 19.4 Å². The summed E-state index contributed by atoms with van der Waals surface area (Å²) in [6, 6.07) is 7.88. The van der Waals surface area contributed by atoms with Crippen LogP contribution in [-0.4, -0.2) is 47.0 Å². The number of carbonyl (C=O) groups is 1. The first-order valence-electron chi connectivity index (χ1n) is 11.3. The highest BCUT2D eigenvalue weighted by atomic mass is 35.5. The van der Waals surface area contributed by atoms with Crippen LogP contribution in [0.4, 0.5) is 26.0 Å². The van der Waals surface area contributed by atoms with Crippen LogP contribution < -0.4 is 15.4 Å². The van der Waals surface area contributed by atoms with Crippen molar-refractivity contribution in [2.75, 3.05) is 30.8 Å². The Kier molecular flexibility index (Phi) is 7.77. The second-order valence-electron chi connectivity index (χ2n) is 8.47. The zero-order chi connectivity index (χ0) is 24.9. The Bertz CT molecular complexity index is 1260. The Hall–Kier alpha value is -3.30. The highest BCUT2D eigenvalue weighted by molar-refractivity contribution is 6.31. The van der Waals surface area contributed by atoms with E-state index < -0.39 is 17.6 Å². The molecule has 1 aliphatic heterocycles. The SMILES string of the molecule is C=C(F)C(=O)Nc1cc2c(Nc3ccc(F)c(Cl)c3)ncnc2cc1OCC[C@H]1CCCCN1C. The second-order valence-corrected chi connectivity index (χ2v) is 8.88. The van der Waals surface area contributed by atoms with Gasteiger partial charge in [-0.2, -0.15) is 0 Å². The average molecular weight is 502 g/mol. The molecule has 35 heavy (non-hydrogen) atoms. The summed E-state index contributed by atoms with van der Waals surface area (Å²) in [5.41, 5.74) is 1.31. The Morgan fingerprint density at radius 3 is 2.86 bits per heavy atom. The van der Waals surface area contributed by atoms with Gasteiger partial charge in [-0.05, 0) is 57.1 Å². The largest absolute Gasteiger partial charge is 0.491 e. The van der Waals surface area contributed by atoms with Crippen LogP contribution in [0.5, 0.6) is 5.75 Å². The van der Waals surface area contributed by atoms with Gasteiger partial charge in [0.05, 0.1) is 22.8 Å². The molecule has 2 aromatic carbocycles. The van der Waals surface area contributed by atoms with Gasteiger partial charge in [-0.3, -0.25) is 4.79 Å². The fourth-order valence-corrected chi connectivity index (χ4v) is 4.30. The molecule has 0 unspecified atom stereocenters. The molecule has 184 valence electrons. The number of piperidine rings is 1. The van der Waals surface area contributed by atoms with E-state index in [9.17, 15) is 13.6 Å². The lowest BCUT2D eigenvalue weighted by Crippen LogP contribution is -2.37. The van der Waals surface area contributed by atoms with E-state index in [1.807, 2.05) is 0 Å². The molecule has 0 aliphatic carbocycles. The van der Waals surface area contributed by atoms with Crippen LogP contribution in [0, 0.1) is 5.82 Å². The summed E-state index contributed by atoms with van der Waals surface area (Å²) < 4.78 is 33.0. The maximum atomic E-state index is 13.5. The standard InChI is InChI=1S/C25H26ClF2N5O2/c1-15(27)25(34)32-22-12-18-21(13-23(22)35-10-8-17-5-3-4-9-33(17)2)29-14-30-24(18)31-16-6-7-20(28)19(26)11-16/h6-7,11-14,17H,1,3-5,8-10H2,2H3,(H,32,34)(H,29,30,31)/t17-/m1/s1. The number of halogens is 3. The van der Waals surface area contributed by atoms with Crippen molar-refractivity contribution in [2.45, 2.75) is 31.7 Å². The smallest absolute Gasteiger partial charge is 0.283 e. The third kappa shape index (κ3) is 6.04. The first-order valence-corrected chi connectivity index (χ1v) is 11.7. The first-order chi connectivity index (χ1) is 16.8. The van der Waals surface area contributed by atoms with Crippen molar-refractivity contribution >= 4 is 45.6 Å². The third-order valence-electron chi connectivity index (χ3n) is 6.04. The van der Waals surface area contributed by atoms with E-state index in [0.29, 0.717) is 40.8 Å². The number of hydrogen-bond acceptors (Lipinski definition) is 6. The number of anilines is 3. The molecule has 0 saturated carbocycles. The van der Waals surface area contributed by atoms with Gasteiger partial charge in [0, 0.05) is 23.2 Å². The predicted octanol–water partition coefficient (Wildman–Crippen LogP) is 5.84. The van der Waals surface area contributed by atoms with E-state index >= 15 is 0 Å². The van der Waals surface area contributed by atoms with E-state index in [-0.39, 0.29) is 10.7 Å². The van der Waals surface area contributed by atoms with E-state index in [4.69, 9.17) is 16.3 Å². The number of ether oxygens (including phenoxy) is 1. The van der Waals surface area contributed by atoms with Crippen LogP contribution in [0.3, 0.4) is 0 Å². The van der Waals surface area contributed by atoms with Gasteiger partial charge in [0.1, 0.15) is 23.7 Å². The minimum atomic E-state index is -1.12. The van der Waals surface area contributed by atoms with Gasteiger partial charge in [0.25, 0.3) is 5.91 Å². The minimum Gasteiger partial charge on any atom is -0.491 e. The van der Waals surface area contributed by atoms with Crippen molar-refractivity contribution in [2.24, 2.45) is 0 Å². The molecule has 1 atom stereocenters. The zero-order valence-electron chi connectivity index (χ0n) is 19.3. The third-order valence-corrected chi connectivity index (χ3v) is 6.33. The molecule has 3 aromatic rings. The fourth-order valence-electron chi connectivity index (χ4n) is 4.12. The van der Waals surface area contributed by atoms with Crippen molar-refractivity contribution < 1.29 is 18.3 Å². The molecule has 0 radical (unpaired) electrons. The molecule has 7 nitrogen and oxygen atoms in total. The van der Waals surface area contributed by atoms with Crippen molar-refractivity contribution in [1.29, 1.82) is 0 Å². The Labute approximate surface area is 207 Å². The monoisotopic (exact) mass is 501 g/mol. The topological polar surface area (TPSA) is 79.4 Å². The number of rotatable bonds is 8. The molecule has 1 amide bonds. The molecule has 4 rings (SSSR count). The molecule has 0 bridgehead atoms. The maximum absolute atomic E-state index is 13.5. The summed E-state index contributed by atoms with van der Waals surface area (Å²) in [6.45, 7) is 4.54. The number of likely N-dealkylation sites (tertiary alicyclic amines) is 1.